The Balaban J connectivity index is 1.97. The summed E-state index contributed by atoms with van der Waals surface area (Å²) in [6.45, 7) is 0.0988. The van der Waals surface area contributed by atoms with Crippen molar-refractivity contribution in [1.29, 1.82) is 0 Å². The van der Waals surface area contributed by atoms with Gasteiger partial charge in [0.25, 0.3) is 0 Å². The van der Waals surface area contributed by atoms with Crippen molar-refractivity contribution in [1.82, 2.24) is 5.16 Å². The Morgan fingerprint density at radius 2 is 2.06 bits per heavy atom. The SMILES string of the molecule is O=C(O)c1cc(COc2ccc(O)cc2)no1. The summed E-state index contributed by atoms with van der Waals surface area (Å²) in [6.07, 6.45) is 0. The molecule has 0 bridgehead atoms. The van der Waals surface area contributed by atoms with Crippen molar-refractivity contribution >= 4 is 5.97 Å². The third-order valence-electron chi connectivity index (χ3n) is 1.99. The predicted molar refractivity (Wildman–Crippen MR) is 55.9 cm³/mol. The summed E-state index contributed by atoms with van der Waals surface area (Å²) in [5, 5.41) is 21.2. The van der Waals surface area contributed by atoms with Gasteiger partial charge in [-0.1, -0.05) is 5.16 Å². The summed E-state index contributed by atoms with van der Waals surface area (Å²) in [5.41, 5.74) is 0.385. The predicted octanol–water partition coefficient (Wildman–Crippen LogP) is 1.66. The topological polar surface area (TPSA) is 92.8 Å². The standard InChI is InChI=1S/C11H9NO5/c13-8-1-3-9(4-2-8)16-6-7-5-10(11(14)15)17-12-7/h1-5,13H,6H2,(H,14,15). The Labute approximate surface area is 96.0 Å². The normalized spacial score (nSPS) is 10.1. The van der Waals surface area contributed by atoms with Crippen LogP contribution in [0.15, 0.2) is 34.9 Å². The number of hydrogen-bond acceptors (Lipinski definition) is 5. The molecule has 1 aromatic carbocycles. The van der Waals surface area contributed by atoms with Crippen molar-refractivity contribution in [2.24, 2.45) is 0 Å². The van der Waals surface area contributed by atoms with Gasteiger partial charge < -0.3 is 19.5 Å². The molecule has 0 fully saturated rings. The number of carbonyl (C=O) groups is 1. The van der Waals surface area contributed by atoms with E-state index in [4.69, 9.17) is 14.9 Å². The second-order valence-corrected chi connectivity index (χ2v) is 3.27. The fourth-order valence-corrected chi connectivity index (χ4v) is 1.18. The van der Waals surface area contributed by atoms with Crippen molar-refractivity contribution in [3.05, 3.63) is 41.8 Å². The fourth-order valence-electron chi connectivity index (χ4n) is 1.18. The second kappa shape index (κ2) is 4.56. The quantitative estimate of drug-likeness (QED) is 0.837. The number of ether oxygens (including phenoxy) is 1. The minimum atomic E-state index is -1.17. The highest BCUT2D eigenvalue weighted by Crippen LogP contribution is 2.17. The van der Waals surface area contributed by atoms with E-state index in [1.54, 1.807) is 12.1 Å². The molecule has 0 saturated carbocycles. The number of hydrogen-bond donors (Lipinski definition) is 2. The molecule has 0 aliphatic rings. The highest BCUT2D eigenvalue weighted by atomic mass is 16.5. The van der Waals surface area contributed by atoms with Crippen molar-refractivity contribution in [3.8, 4) is 11.5 Å². The summed E-state index contributed by atoms with van der Waals surface area (Å²) in [5.74, 6) is -0.711. The smallest absolute Gasteiger partial charge is 0.374 e. The number of benzene rings is 1. The molecule has 17 heavy (non-hydrogen) atoms. The van der Waals surface area contributed by atoms with E-state index in [1.807, 2.05) is 0 Å². The van der Waals surface area contributed by atoms with Crippen LogP contribution in [0.5, 0.6) is 11.5 Å². The Hall–Kier alpha value is -2.50. The first-order chi connectivity index (χ1) is 8.15. The molecule has 1 aromatic heterocycles. The molecule has 2 rings (SSSR count). The van der Waals surface area contributed by atoms with Crippen LogP contribution in [-0.4, -0.2) is 21.3 Å². The number of aromatic hydroxyl groups is 1. The maximum absolute atomic E-state index is 10.5. The highest BCUT2D eigenvalue weighted by Gasteiger charge is 2.11. The largest absolute Gasteiger partial charge is 0.508 e. The van der Waals surface area contributed by atoms with Crippen molar-refractivity contribution < 1.29 is 24.3 Å². The van der Waals surface area contributed by atoms with Gasteiger partial charge in [0.05, 0.1) is 0 Å². The summed E-state index contributed by atoms with van der Waals surface area (Å²) in [6, 6.07) is 7.45. The fraction of sp³-hybridized carbons (Fsp3) is 0.0909. The molecule has 0 unspecified atom stereocenters. The van der Waals surface area contributed by atoms with Crippen molar-refractivity contribution in [3.63, 3.8) is 0 Å². The Morgan fingerprint density at radius 1 is 1.35 bits per heavy atom. The molecule has 0 aliphatic heterocycles. The van der Waals surface area contributed by atoms with Gasteiger partial charge in [-0.15, -0.1) is 0 Å². The molecule has 2 aromatic rings. The van der Waals surface area contributed by atoms with Crippen molar-refractivity contribution in [2.75, 3.05) is 0 Å². The molecule has 0 aliphatic carbocycles. The molecule has 6 nitrogen and oxygen atoms in total. The van der Waals surface area contributed by atoms with Crippen LogP contribution in [0, 0.1) is 0 Å². The lowest BCUT2D eigenvalue weighted by molar-refractivity contribution is 0.0651. The highest BCUT2D eigenvalue weighted by molar-refractivity contribution is 5.84. The summed E-state index contributed by atoms with van der Waals surface area (Å²) in [7, 11) is 0. The van der Waals surface area contributed by atoms with Crippen LogP contribution in [0.4, 0.5) is 0 Å². The number of rotatable bonds is 4. The van der Waals surface area contributed by atoms with Crippen LogP contribution < -0.4 is 4.74 Å². The second-order valence-electron chi connectivity index (χ2n) is 3.27. The van der Waals surface area contributed by atoms with Gasteiger partial charge >= 0.3 is 5.97 Å². The van der Waals surface area contributed by atoms with Crippen molar-refractivity contribution in [2.45, 2.75) is 6.61 Å². The molecule has 2 N–H and O–H groups in total. The average Bonchev–Trinajstić information content (AvgIpc) is 2.77. The van der Waals surface area contributed by atoms with Gasteiger partial charge in [0.15, 0.2) is 0 Å². The zero-order valence-corrected chi connectivity index (χ0v) is 8.66. The number of aromatic nitrogens is 1. The maximum Gasteiger partial charge on any atom is 0.374 e. The van der Waals surface area contributed by atoms with Gasteiger partial charge in [-0.25, -0.2) is 4.79 Å². The first-order valence-corrected chi connectivity index (χ1v) is 4.76. The van der Waals surface area contributed by atoms with E-state index in [0.717, 1.165) is 0 Å². The average molecular weight is 235 g/mol. The van der Waals surface area contributed by atoms with E-state index in [0.29, 0.717) is 11.4 Å². The number of carboxylic acids is 1. The first kappa shape index (κ1) is 11.0. The molecule has 0 atom stereocenters. The lowest BCUT2D eigenvalue weighted by Crippen LogP contribution is -1.95. The third-order valence-corrected chi connectivity index (χ3v) is 1.99. The number of phenolic OH excluding ortho intramolecular Hbond substituents is 1. The van der Waals surface area contributed by atoms with E-state index >= 15 is 0 Å². The lowest BCUT2D eigenvalue weighted by Gasteiger charge is -2.02. The molecule has 6 heteroatoms. The van der Waals surface area contributed by atoms with Gasteiger partial charge in [-0.05, 0) is 24.3 Å². The van der Waals surface area contributed by atoms with Crippen LogP contribution in [0.25, 0.3) is 0 Å². The Bertz CT molecular complexity index is 517. The van der Waals surface area contributed by atoms with Gasteiger partial charge in [0.2, 0.25) is 5.76 Å². The molecule has 0 radical (unpaired) electrons. The van der Waals surface area contributed by atoms with Gasteiger partial charge in [0.1, 0.15) is 23.8 Å². The Morgan fingerprint density at radius 3 is 2.65 bits per heavy atom. The molecule has 0 spiro atoms. The third kappa shape index (κ3) is 2.75. The van der Waals surface area contributed by atoms with Gasteiger partial charge in [0, 0.05) is 6.07 Å². The van der Waals surface area contributed by atoms with E-state index in [2.05, 4.69) is 9.68 Å². The molecule has 1 heterocycles. The van der Waals surface area contributed by atoms with E-state index in [1.165, 1.54) is 18.2 Å². The number of nitrogens with zero attached hydrogens (tertiary/aromatic N) is 1. The number of phenols is 1. The minimum absolute atomic E-state index is 0.0988. The van der Waals surface area contributed by atoms with Crippen LogP contribution >= 0.6 is 0 Å². The van der Waals surface area contributed by atoms with Crippen LogP contribution in [0.1, 0.15) is 16.2 Å². The van der Waals surface area contributed by atoms with Crippen LogP contribution in [0.2, 0.25) is 0 Å². The van der Waals surface area contributed by atoms with Gasteiger partial charge in [-0.3, -0.25) is 0 Å². The summed E-state index contributed by atoms with van der Waals surface area (Å²) >= 11 is 0. The Kier molecular flexibility index (Phi) is 2.95. The molecule has 0 amide bonds. The van der Waals surface area contributed by atoms with E-state index in [9.17, 15) is 4.79 Å². The maximum atomic E-state index is 10.5. The summed E-state index contributed by atoms with van der Waals surface area (Å²) in [4.78, 5) is 10.5. The minimum Gasteiger partial charge on any atom is -0.508 e. The number of aromatic carboxylic acids is 1. The molecule has 88 valence electrons. The molecular formula is C11H9NO5. The first-order valence-electron chi connectivity index (χ1n) is 4.76. The zero-order valence-electron chi connectivity index (χ0n) is 8.66. The monoisotopic (exact) mass is 235 g/mol. The number of carboxylic acid groups (broad SMARTS) is 1. The molecule has 0 saturated heterocycles. The lowest BCUT2D eigenvalue weighted by atomic mass is 10.3. The van der Waals surface area contributed by atoms with E-state index < -0.39 is 5.97 Å². The van der Waals surface area contributed by atoms with Gasteiger partial charge in [-0.2, -0.15) is 0 Å². The van der Waals surface area contributed by atoms with Crippen LogP contribution in [-0.2, 0) is 6.61 Å². The van der Waals surface area contributed by atoms with E-state index in [-0.39, 0.29) is 18.1 Å². The summed E-state index contributed by atoms with van der Waals surface area (Å²) < 4.78 is 9.88. The zero-order chi connectivity index (χ0) is 12.3. The molecular weight excluding hydrogens is 226 g/mol. The van der Waals surface area contributed by atoms with Crippen LogP contribution in [0.3, 0.4) is 0 Å².